The van der Waals surface area contributed by atoms with E-state index in [-0.39, 0.29) is 19.4 Å². The number of rotatable bonds is 34. The van der Waals surface area contributed by atoms with Crippen LogP contribution in [0.15, 0.2) is 109 Å². The van der Waals surface area contributed by atoms with Crippen LogP contribution in [0, 0.1) is 0 Å². The lowest BCUT2D eigenvalue weighted by Gasteiger charge is -2.19. The average molecular weight is 757 g/mol. The number of carbonyl (C=O) groups excluding carboxylic acids is 2. The molecule has 0 aromatic rings. The van der Waals surface area contributed by atoms with Crippen molar-refractivity contribution in [3.05, 3.63) is 109 Å². The van der Waals surface area contributed by atoms with Crippen LogP contribution in [0.5, 0.6) is 0 Å². The third-order valence-corrected chi connectivity index (χ3v) is 8.45. The molecule has 298 valence electrons. The van der Waals surface area contributed by atoms with E-state index in [0.717, 1.165) is 97.0 Å². The number of phosphoric acid groups is 1. The van der Waals surface area contributed by atoms with Gasteiger partial charge in [0, 0.05) is 20.0 Å². The van der Waals surface area contributed by atoms with Crippen molar-refractivity contribution >= 4 is 19.8 Å². The molecule has 0 spiro atoms. The molecule has 0 aromatic heterocycles. The van der Waals surface area contributed by atoms with Gasteiger partial charge >= 0.3 is 19.8 Å². The van der Waals surface area contributed by atoms with E-state index in [4.69, 9.17) is 14.0 Å². The number of allylic oxidation sites excluding steroid dienone is 18. The van der Waals surface area contributed by atoms with Gasteiger partial charge in [0.2, 0.25) is 0 Å². The summed E-state index contributed by atoms with van der Waals surface area (Å²) < 4.78 is 31.8. The van der Waals surface area contributed by atoms with E-state index >= 15 is 0 Å². The summed E-state index contributed by atoms with van der Waals surface area (Å²) in [5.41, 5.74) is 0. The molecule has 0 amide bonds. The number of hydrogen-bond donors (Lipinski definition) is 1. The molecular formula is C44H69O8P. The smallest absolute Gasteiger partial charge is 0.462 e. The molecule has 0 heterocycles. The van der Waals surface area contributed by atoms with Crippen LogP contribution in [0.3, 0.4) is 0 Å². The molecule has 0 bridgehead atoms. The minimum Gasteiger partial charge on any atom is -0.462 e. The van der Waals surface area contributed by atoms with Gasteiger partial charge in [-0.1, -0.05) is 130 Å². The molecular weight excluding hydrogens is 687 g/mol. The van der Waals surface area contributed by atoms with Crippen molar-refractivity contribution in [3.63, 3.8) is 0 Å². The highest BCUT2D eigenvalue weighted by molar-refractivity contribution is 7.47. The fourth-order valence-electron chi connectivity index (χ4n) is 4.56. The van der Waals surface area contributed by atoms with Crippen molar-refractivity contribution in [1.82, 2.24) is 0 Å². The summed E-state index contributed by atoms with van der Waals surface area (Å²) in [5.74, 6) is -0.905. The largest absolute Gasteiger partial charge is 0.472 e. The summed E-state index contributed by atoms with van der Waals surface area (Å²) in [6.07, 6.45) is 52.8. The maximum absolute atomic E-state index is 12.5. The molecule has 0 aliphatic rings. The molecule has 2 atom stereocenters. The van der Waals surface area contributed by atoms with Crippen molar-refractivity contribution < 1.29 is 37.6 Å². The highest BCUT2D eigenvalue weighted by Crippen LogP contribution is 2.42. The lowest BCUT2D eigenvalue weighted by Crippen LogP contribution is -2.29. The summed E-state index contributed by atoms with van der Waals surface area (Å²) in [6, 6.07) is 0. The molecule has 8 nitrogen and oxygen atoms in total. The number of ether oxygens (including phenoxy) is 2. The van der Waals surface area contributed by atoms with Crippen molar-refractivity contribution in [2.75, 3.05) is 20.3 Å². The van der Waals surface area contributed by atoms with Crippen LogP contribution in [0.1, 0.15) is 129 Å². The Morgan fingerprint density at radius 1 is 0.528 bits per heavy atom. The fraction of sp³-hybridized carbons (Fsp3) is 0.545. The third kappa shape index (κ3) is 38.3. The highest BCUT2D eigenvalue weighted by atomic mass is 31.2. The normalized spacial score (nSPS) is 14.6. The Morgan fingerprint density at radius 2 is 0.906 bits per heavy atom. The second-order valence-corrected chi connectivity index (χ2v) is 13.9. The lowest BCUT2D eigenvalue weighted by molar-refractivity contribution is -0.161. The number of hydrogen-bond acceptors (Lipinski definition) is 7. The van der Waals surface area contributed by atoms with E-state index in [0.29, 0.717) is 12.8 Å². The molecule has 0 aliphatic carbocycles. The van der Waals surface area contributed by atoms with Gasteiger partial charge in [-0.2, -0.15) is 0 Å². The van der Waals surface area contributed by atoms with E-state index in [2.05, 4.69) is 128 Å². The van der Waals surface area contributed by atoms with Gasteiger partial charge in [0.25, 0.3) is 0 Å². The van der Waals surface area contributed by atoms with Crippen molar-refractivity contribution in [2.45, 2.75) is 136 Å². The van der Waals surface area contributed by atoms with Gasteiger partial charge in [0.15, 0.2) is 6.10 Å². The SMILES string of the molecule is CC/C=C\C/C=C\C/C=C\C/C=C\C/C=C\CCCCCC(=O)OC(COC(=O)CCCC/C=C\C/C=C\C/C=C\C/C=C\CC)COP(=O)(O)OC. The van der Waals surface area contributed by atoms with Crippen LogP contribution in [0.25, 0.3) is 0 Å². The Morgan fingerprint density at radius 3 is 1.34 bits per heavy atom. The van der Waals surface area contributed by atoms with Gasteiger partial charge in [-0.3, -0.25) is 18.6 Å². The van der Waals surface area contributed by atoms with E-state index in [1.807, 2.05) is 0 Å². The summed E-state index contributed by atoms with van der Waals surface area (Å²) in [6.45, 7) is 3.57. The Hall–Kier alpha value is -3.29. The van der Waals surface area contributed by atoms with E-state index in [1.54, 1.807) is 0 Å². The Balaban J connectivity index is 4.22. The molecule has 53 heavy (non-hydrogen) atoms. The first-order chi connectivity index (χ1) is 25.8. The quantitative estimate of drug-likeness (QED) is 0.0299. The van der Waals surface area contributed by atoms with Crippen molar-refractivity contribution in [2.24, 2.45) is 0 Å². The summed E-state index contributed by atoms with van der Waals surface area (Å²) in [5, 5.41) is 0. The van der Waals surface area contributed by atoms with Crippen LogP contribution < -0.4 is 0 Å². The fourth-order valence-corrected chi connectivity index (χ4v) is 5.02. The zero-order valence-corrected chi connectivity index (χ0v) is 33.8. The summed E-state index contributed by atoms with van der Waals surface area (Å²) >= 11 is 0. The number of carbonyl (C=O) groups is 2. The maximum atomic E-state index is 12.5. The number of esters is 2. The zero-order valence-electron chi connectivity index (χ0n) is 32.9. The first-order valence-corrected chi connectivity index (χ1v) is 21.1. The van der Waals surface area contributed by atoms with E-state index < -0.39 is 32.5 Å². The number of phosphoric ester groups is 1. The Kier molecular flexibility index (Phi) is 36.0. The van der Waals surface area contributed by atoms with Gasteiger partial charge in [-0.15, -0.1) is 0 Å². The topological polar surface area (TPSA) is 108 Å². The van der Waals surface area contributed by atoms with Crippen LogP contribution in [-0.4, -0.2) is 43.3 Å². The minimum absolute atomic E-state index is 0.189. The predicted octanol–water partition coefficient (Wildman–Crippen LogP) is 12.3. The highest BCUT2D eigenvalue weighted by Gasteiger charge is 2.24. The minimum atomic E-state index is -4.29. The molecule has 0 saturated heterocycles. The van der Waals surface area contributed by atoms with Crippen LogP contribution in [0.4, 0.5) is 0 Å². The van der Waals surface area contributed by atoms with Gasteiger partial charge in [0.05, 0.1) is 6.61 Å². The monoisotopic (exact) mass is 756 g/mol. The molecule has 0 fully saturated rings. The molecule has 0 radical (unpaired) electrons. The zero-order chi connectivity index (χ0) is 38.9. The first kappa shape index (κ1) is 49.7. The summed E-state index contributed by atoms with van der Waals surface area (Å²) in [7, 11) is -3.24. The molecule has 0 aromatic carbocycles. The molecule has 0 saturated carbocycles. The second-order valence-electron chi connectivity index (χ2n) is 12.3. The maximum Gasteiger partial charge on any atom is 0.472 e. The van der Waals surface area contributed by atoms with Gasteiger partial charge in [-0.05, 0) is 96.3 Å². The van der Waals surface area contributed by atoms with Gasteiger partial charge in [-0.25, -0.2) is 4.57 Å². The average Bonchev–Trinajstić information content (AvgIpc) is 3.15. The summed E-state index contributed by atoms with van der Waals surface area (Å²) in [4.78, 5) is 34.4. The Bertz CT molecular complexity index is 1220. The van der Waals surface area contributed by atoms with E-state index in [9.17, 15) is 19.0 Å². The molecule has 0 aliphatic heterocycles. The van der Waals surface area contributed by atoms with Crippen LogP contribution in [0.2, 0.25) is 0 Å². The lowest BCUT2D eigenvalue weighted by atomic mass is 10.1. The third-order valence-electron chi connectivity index (χ3n) is 7.51. The molecule has 2 unspecified atom stereocenters. The standard InChI is InChI=1S/C44H69O8P/c1-4-6-8-10-12-14-16-18-20-21-22-23-25-27-29-31-33-35-37-39-44(46)52-42(41-51-53(47,48)49-3)40-50-43(45)38-36-34-32-30-28-26-24-19-17-15-13-11-9-7-5-2/h6-9,12-15,18-20,22-24,27-30,42H,4-5,10-11,16-17,21,25-26,31-41H2,1-3H3,(H,47,48)/b8-6-,9-7-,14-12-,15-13-,20-18-,23-22-,24-19-,29-27-,30-28-. The van der Waals surface area contributed by atoms with Gasteiger partial charge < -0.3 is 14.4 Å². The Labute approximate surface area is 321 Å². The van der Waals surface area contributed by atoms with Crippen molar-refractivity contribution in [1.29, 1.82) is 0 Å². The molecule has 0 rings (SSSR count). The van der Waals surface area contributed by atoms with E-state index in [1.165, 1.54) is 0 Å². The molecule has 9 heteroatoms. The van der Waals surface area contributed by atoms with Crippen LogP contribution in [-0.2, 0) is 32.7 Å². The number of unbranched alkanes of at least 4 members (excludes halogenated alkanes) is 5. The second kappa shape index (κ2) is 38.4. The van der Waals surface area contributed by atoms with Crippen molar-refractivity contribution in [3.8, 4) is 0 Å². The van der Waals surface area contributed by atoms with Crippen LogP contribution >= 0.6 is 7.82 Å². The first-order valence-electron chi connectivity index (χ1n) is 19.6. The van der Waals surface area contributed by atoms with Gasteiger partial charge in [0.1, 0.15) is 6.61 Å². The molecule has 1 N–H and O–H groups in total. The predicted molar refractivity (Wildman–Crippen MR) is 220 cm³/mol.